The van der Waals surface area contributed by atoms with E-state index < -0.39 is 0 Å². The Labute approximate surface area is 177 Å². The second-order valence-corrected chi connectivity index (χ2v) is 7.90. The van der Waals surface area contributed by atoms with Gasteiger partial charge < -0.3 is 16.0 Å². The number of hydrogen-bond donors (Lipinski definition) is 2. The van der Waals surface area contributed by atoms with E-state index in [2.05, 4.69) is 26.3 Å². The Hall–Kier alpha value is -3.20. The van der Waals surface area contributed by atoms with E-state index in [1.165, 1.54) is 17.7 Å². The minimum atomic E-state index is -0.320. The maximum Gasteiger partial charge on any atom is 0.232 e. The highest BCUT2D eigenvalue weighted by Crippen LogP contribution is 2.28. The van der Waals surface area contributed by atoms with Crippen molar-refractivity contribution in [3.05, 3.63) is 65.7 Å². The van der Waals surface area contributed by atoms with Crippen LogP contribution in [-0.4, -0.2) is 33.2 Å². The van der Waals surface area contributed by atoms with Gasteiger partial charge in [0, 0.05) is 30.1 Å². The molecule has 1 aliphatic heterocycles. The second-order valence-electron chi connectivity index (χ2n) is 6.79. The van der Waals surface area contributed by atoms with E-state index in [-0.39, 0.29) is 17.7 Å². The van der Waals surface area contributed by atoms with Gasteiger partial charge in [0.05, 0.1) is 5.75 Å². The molecule has 0 unspecified atom stereocenters. The van der Waals surface area contributed by atoms with Gasteiger partial charge in [-0.3, -0.25) is 4.79 Å². The van der Waals surface area contributed by atoms with Crippen LogP contribution in [0.15, 0.2) is 48.5 Å². The number of halogens is 1. The molecule has 3 N–H and O–H groups in total. The Kier molecular flexibility index (Phi) is 6.08. The molecule has 0 spiro atoms. The van der Waals surface area contributed by atoms with Gasteiger partial charge in [0.15, 0.2) is 0 Å². The highest BCUT2D eigenvalue weighted by atomic mass is 32.2. The number of nitrogen functional groups attached to an aromatic ring is 1. The summed E-state index contributed by atoms with van der Waals surface area (Å²) in [5, 5.41) is 2.99. The SMILES string of the molecule is Nc1nc(CSCCC(=O)N2CCc3ccccc32)nc(Nc2ccc(F)cc2)n1. The van der Waals surface area contributed by atoms with Crippen LogP contribution in [0, 0.1) is 5.82 Å². The van der Waals surface area contributed by atoms with Crippen LogP contribution in [0.2, 0.25) is 0 Å². The zero-order valence-corrected chi connectivity index (χ0v) is 17.0. The van der Waals surface area contributed by atoms with E-state index >= 15 is 0 Å². The third-order valence-electron chi connectivity index (χ3n) is 4.68. The van der Waals surface area contributed by atoms with E-state index in [9.17, 15) is 9.18 Å². The van der Waals surface area contributed by atoms with Crippen LogP contribution in [-0.2, 0) is 17.0 Å². The smallest absolute Gasteiger partial charge is 0.232 e. The molecule has 154 valence electrons. The molecule has 0 bridgehead atoms. The Morgan fingerprint density at radius 3 is 2.77 bits per heavy atom. The first-order valence-electron chi connectivity index (χ1n) is 9.57. The fourth-order valence-corrected chi connectivity index (χ4v) is 4.05. The number of carbonyl (C=O) groups is 1. The number of amides is 1. The number of nitrogens with two attached hydrogens (primary N) is 1. The summed E-state index contributed by atoms with van der Waals surface area (Å²) in [6.45, 7) is 0.741. The molecule has 0 aliphatic carbocycles. The van der Waals surface area contributed by atoms with Crippen LogP contribution in [0.1, 0.15) is 17.8 Å². The number of thioether (sulfide) groups is 1. The van der Waals surface area contributed by atoms with Crippen molar-refractivity contribution in [3.8, 4) is 0 Å². The average Bonchev–Trinajstić information content (AvgIpc) is 3.17. The van der Waals surface area contributed by atoms with E-state index in [4.69, 9.17) is 5.73 Å². The van der Waals surface area contributed by atoms with Gasteiger partial charge in [-0.05, 0) is 42.3 Å². The topological polar surface area (TPSA) is 97.0 Å². The van der Waals surface area contributed by atoms with E-state index in [0.29, 0.717) is 35.4 Å². The van der Waals surface area contributed by atoms with Crippen LogP contribution in [0.4, 0.5) is 27.7 Å². The maximum atomic E-state index is 13.0. The first-order chi connectivity index (χ1) is 14.6. The van der Waals surface area contributed by atoms with Crippen molar-refractivity contribution in [1.29, 1.82) is 0 Å². The Morgan fingerprint density at radius 2 is 1.93 bits per heavy atom. The summed E-state index contributed by atoms with van der Waals surface area (Å²) in [5.41, 5.74) is 8.68. The molecule has 30 heavy (non-hydrogen) atoms. The molecule has 0 radical (unpaired) electrons. The highest BCUT2D eigenvalue weighted by molar-refractivity contribution is 7.98. The van der Waals surface area contributed by atoms with Crippen molar-refractivity contribution in [2.24, 2.45) is 0 Å². The lowest BCUT2D eigenvalue weighted by molar-refractivity contribution is -0.118. The molecular formula is C21H21FN6OS. The van der Waals surface area contributed by atoms with Crippen molar-refractivity contribution >= 4 is 40.9 Å². The molecule has 0 fully saturated rings. The number of hydrogen-bond acceptors (Lipinski definition) is 7. The molecule has 9 heteroatoms. The minimum absolute atomic E-state index is 0.106. The number of para-hydroxylation sites is 1. The summed E-state index contributed by atoms with van der Waals surface area (Å²) in [5.74, 6) is 1.90. The zero-order chi connectivity index (χ0) is 20.9. The summed E-state index contributed by atoms with van der Waals surface area (Å²) in [7, 11) is 0. The number of nitrogens with zero attached hydrogens (tertiary/aromatic N) is 4. The third kappa shape index (κ3) is 4.85. The van der Waals surface area contributed by atoms with Gasteiger partial charge in [-0.25, -0.2) is 4.39 Å². The van der Waals surface area contributed by atoms with Crippen LogP contribution in [0.5, 0.6) is 0 Å². The van der Waals surface area contributed by atoms with Crippen molar-refractivity contribution in [1.82, 2.24) is 15.0 Å². The third-order valence-corrected chi connectivity index (χ3v) is 5.63. The number of rotatable bonds is 7. The van der Waals surface area contributed by atoms with E-state index in [1.807, 2.05) is 23.1 Å². The number of fused-ring (bicyclic) bond motifs is 1. The molecular weight excluding hydrogens is 403 g/mol. The summed E-state index contributed by atoms with van der Waals surface area (Å²) in [6, 6.07) is 13.9. The van der Waals surface area contributed by atoms with Crippen LogP contribution >= 0.6 is 11.8 Å². The van der Waals surface area contributed by atoms with Crippen LogP contribution in [0.3, 0.4) is 0 Å². The average molecular weight is 425 g/mol. The molecule has 1 aliphatic rings. The van der Waals surface area contributed by atoms with Gasteiger partial charge >= 0.3 is 0 Å². The normalized spacial score (nSPS) is 12.6. The molecule has 2 heterocycles. The summed E-state index contributed by atoms with van der Waals surface area (Å²) >= 11 is 1.57. The molecule has 3 aromatic rings. The number of benzene rings is 2. The van der Waals surface area contributed by atoms with Gasteiger partial charge in [0.2, 0.25) is 17.8 Å². The van der Waals surface area contributed by atoms with Crippen LogP contribution in [0.25, 0.3) is 0 Å². The lowest BCUT2D eigenvalue weighted by Crippen LogP contribution is -2.29. The van der Waals surface area contributed by atoms with Crippen LogP contribution < -0.4 is 16.0 Å². The molecule has 1 aromatic heterocycles. The molecule has 2 aromatic carbocycles. The molecule has 0 saturated carbocycles. The quantitative estimate of drug-likeness (QED) is 0.560. The number of anilines is 4. The molecule has 7 nitrogen and oxygen atoms in total. The highest BCUT2D eigenvalue weighted by Gasteiger charge is 2.23. The Morgan fingerprint density at radius 1 is 1.13 bits per heavy atom. The zero-order valence-electron chi connectivity index (χ0n) is 16.2. The molecule has 4 rings (SSSR count). The van der Waals surface area contributed by atoms with Gasteiger partial charge in [-0.1, -0.05) is 18.2 Å². The predicted octanol–water partition coefficient (Wildman–Crippen LogP) is 3.55. The summed E-state index contributed by atoms with van der Waals surface area (Å²) in [6.07, 6.45) is 1.35. The van der Waals surface area contributed by atoms with Crippen molar-refractivity contribution in [3.63, 3.8) is 0 Å². The van der Waals surface area contributed by atoms with E-state index in [1.54, 1.807) is 23.9 Å². The largest absolute Gasteiger partial charge is 0.368 e. The van der Waals surface area contributed by atoms with Gasteiger partial charge in [-0.2, -0.15) is 26.7 Å². The maximum absolute atomic E-state index is 13.0. The van der Waals surface area contributed by atoms with Crippen molar-refractivity contribution < 1.29 is 9.18 Å². The summed E-state index contributed by atoms with van der Waals surface area (Å²) in [4.78, 5) is 27.0. The summed E-state index contributed by atoms with van der Waals surface area (Å²) < 4.78 is 13.0. The Bertz CT molecular complexity index is 1050. The van der Waals surface area contributed by atoms with Gasteiger partial charge in [-0.15, -0.1) is 0 Å². The Balaban J connectivity index is 1.29. The lowest BCUT2D eigenvalue weighted by atomic mass is 10.2. The second kappa shape index (κ2) is 9.08. The first kappa shape index (κ1) is 20.1. The number of carbonyl (C=O) groups excluding carboxylic acids is 1. The molecule has 1 amide bonds. The van der Waals surface area contributed by atoms with Gasteiger partial charge in [0.1, 0.15) is 11.6 Å². The van der Waals surface area contributed by atoms with Gasteiger partial charge in [0.25, 0.3) is 0 Å². The number of nitrogens with one attached hydrogen (secondary N) is 1. The van der Waals surface area contributed by atoms with Crippen molar-refractivity contribution in [2.45, 2.75) is 18.6 Å². The van der Waals surface area contributed by atoms with E-state index in [0.717, 1.165) is 18.7 Å². The number of aromatic nitrogens is 3. The fraction of sp³-hybridized carbons (Fsp3) is 0.238. The predicted molar refractivity (Wildman–Crippen MR) is 117 cm³/mol. The first-order valence-corrected chi connectivity index (χ1v) is 10.7. The van der Waals surface area contributed by atoms with Crippen molar-refractivity contribution in [2.75, 3.05) is 28.2 Å². The monoisotopic (exact) mass is 424 g/mol. The minimum Gasteiger partial charge on any atom is -0.368 e. The standard InChI is InChI=1S/C21H21FN6OS/c22-15-5-7-16(8-6-15)24-21-26-18(25-20(23)27-21)13-30-12-10-19(29)28-11-9-14-3-1-2-4-17(14)28/h1-8H,9-13H2,(H3,23,24,25,26,27). The fourth-order valence-electron chi connectivity index (χ4n) is 3.28. The molecule has 0 atom stereocenters. The molecule has 0 saturated heterocycles. The lowest BCUT2D eigenvalue weighted by Gasteiger charge is -2.17.